The molecule has 1 heterocycles. The van der Waals surface area contributed by atoms with Gasteiger partial charge in [0.1, 0.15) is 23.4 Å². The Morgan fingerprint density at radius 2 is 2.00 bits per heavy atom. The van der Waals surface area contributed by atoms with Crippen molar-refractivity contribution in [3.63, 3.8) is 0 Å². The zero-order chi connectivity index (χ0) is 15.4. The molecule has 1 fully saturated rings. The van der Waals surface area contributed by atoms with E-state index in [-0.39, 0.29) is 12.3 Å². The topological polar surface area (TPSA) is 84.5 Å². The Labute approximate surface area is 118 Å². The van der Waals surface area contributed by atoms with Crippen LogP contribution in [0.25, 0.3) is 0 Å². The Morgan fingerprint density at radius 3 is 2.57 bits per heavy atom. The summed E-state index contributed by atoms with van der Waals surface area (Å²) in [7, 11) is 0. The molecule has 1 atom stereocenters. The Bertz CT molecular complexity index is 571. The van der Waals surface area contributed by atoms with E-state index in [4.69, 9.17) is 0 Å². The number of carbonyl (C=O) groups excluding carboxylic acids is 3. The summed E-state index contributed by atoms with van der Waals surface area (Å²) in [6.07, 6.45) is 0.508. The lowest BCUT2D eigenvalue weighted by atomic mass is 10.2. The van der Waals surface area contributed by atoms with Crippen molar-refractivity contribution < 1.29 is 27.9 Å². The van der Waals surface area contributed by atoms with E-state index < -0.39 is 41.8 Å². The summed E-state index contributed by atoms with van der Waals surface area (Å²) in [5, 5.41) is 4.36. The average Bonchev–Trinajstić information content (AvgIpc) is 2.87. The monoisotopic (exact) mass is 298 g/mol. The molecule has 1 aliphatic rings. The maximum atomic E-state index is 13.3. The SMILES string of the molecule is O=C(COC(=O)[C@H]1CCC(=O)N1)Nc1c(F)cccc1F. The number of para-hydroxylation sites is 1. The average molecular weight is 298 g/mol. The second-order valence-corrected chi connectivity index (χ2v) is 4.41. The Hall–Kier alpha value is -2.51. The second kappa shape index (κ2) is 6.29. The normalized spacial score (nSPS) is 17.2. The van der Waals surface area contributed by atoms with Crippen LogP contribution in [-0.2, 0) is 19.1 Å². The van der Waals surface area contributed by atoms with E-state index >= 15 is 0 Å². The van der Waals surface area contributed by atoms with Crippen molar-refractivity contribution in [2.45, 2.75) is 18.9 Å². The molecule has 1 aromatic rings. The molecular weight excluding hydrogens is 286 g/mol. The number of rotatable bonds is 4. The number of nitrogens with one attached hydrogen (secondary N) is 2. The first-order valence-electron chi connectivity index (χ1n) is 6.17. The smallest absolute Gasteiger partial charge is 0.329 e. The summed E-state index contributed by atoms with van der Waals surface area (Å²) in [5.74, 6) is -3.77. The Balaban J connectivity index is 1.85. The van der Waals surface area contributed by atoms with Crippen molar-refractivity contribution in [2.75, 3.05) is 11.9 Å². The molecule has 0 aromatic heterocycles. The lowest BCUT2D eigenvalue weighted by Gasteiger charge is -2.11. The van der Waals surface area contributed by atoms with E-state index in [1.54, 1.807) is 0 Å². The lowest BCUT2D eigenvalue weighted by Crippen LogP contribution is -2.36. The van der Waals surface area contributed by atoms with Gasteiger partial charge in [0.05, 0.1) is 0 Å². The van der Waals surface area contributed by atoms with Gasteiger partial charge < -0.3 is 15.4 Å². The fraction of sp³-hybridized carbons (Fsp3) is 0.308. The van der Waals surface area contributed by atoms with Crippen molar-refractivity contribution in [3.8, 4) is 0 Å². The van der Waals surface area contributed by atoms with Crippen LogP contribution in [0.5, 0.6) is 0 Å². The maximum absolute atomic E-state index is 13.3. The first-order valence-corrected chi connectivity index (χ1v) is 6.17. The zero-order valence-corrected chi connectivity index (χ0v) is 10.8. The van der Waals surface area contributed by atoms with Crippen molar-refractivity contribution in [1.29, 1.82) is 0 Å². The van der Waals surface area contributed by atoms with Crippen LogP contribution in [0.3, 0.4) is 0 Å². The van der Waals surface area contributed by atoms with Crippen LogP contribution < -0.4 is 10.6 Å². The minimum Gasteiger partial charge on any atom is -0.454 e. The third-order valence-electron chi connectivity index (χ3n) is 2.85. The van der Waals surface area contributed by atoms with Crippen molar-refractivity contribution in [1.82, 2.24) is 5.32 Å². The molecular formula is C13H12F2N2O4. The third kappa shape index (κ3) is 3.74. The van der Waals surface area contributed by atoms with Crippen LogP contribution in [0.15, 0.2) is 18.2 Å². The van der Waals surface area contributed by atoms with Crippen LogP contribution in [0.2, 0.25) is 0 Å². The molecule has 6 nitrogen and oxygen atoms in total. The molecule has 1 aromatic carbocycles. The van der Waals surface area contributed by atoms with Gasteiger partial charge in [-0.15, -0.1) is 0 Å². The molecule has 0 aliphatic carbocycles. The summed E-state index contributed by atoms with van der Waals surface area (Å²) in [5.41, 5.74) is -0.604. The quantitative estimate of drug-likeness (QED) is 0.802. The highest BCUT2D eigenvalue weighted by Gasteiger charge is 2.28. The number of carbonyl (C=O) groups is 3. The fourth-order valence-corrected chi connectivity index (χ4v) is 1.82. The van der Waals surface area contributed by atoms with Crippen LogP contribution >= 0.6 is 0 Å². The molecule has 21 heavy (non-hydrogen) atoms. The highest BCUT2D eigenvalue weighted by Crippen LogP contribution is 2.17. The van der Waals surface area contributed by atoms with Crippen LogP contribution in [-0.4, -0.2) is 30.4 Å². The molecule has 2 rings (SSSR count). The number of ether oxygens (including phenoxy) is 1. The predicted octanol–water partition coefficient (Wildman–Crippen LogP) is 0.725. The van der Waals surface area contributed by atoms with Gasteiger partial charge in [-0.2, -0.15) is 0 Å². The molecule has 1 aliphatic heterocycles. The second-order valence-electron chi connectivity index (χ2n) is 4.41. The van der Waals surface area contributed by atoms with E-state index in [0.29, 0.717) is 6.42 Å². The standard InChI is InChI=1S/C13H12F2N2O4/c14-7-2-1-3-8(15)12(7)17-11(19)6-21-13(20)9-4-5-10(18)16-9/h1-3,9H,4-6H2,(H,16,18)(H,17,19)/t9-/m1/s1. The van der Waals surface area contributed by atoms with Gasteiger partial charge in [-0.05, 0) is 18.6 Å². The van der Waals surface area contributed by atoms with Crippen LogP contribution in [0, 0.1) is 11.6 Å². The number of hydrogen-bond donors (Lipinski definition) is 2. The number of benzene rings is 1. The number of anilines is 1. The van der Waals surface area contributed by atoms with Gasteiger partial charge in [-0.1, -0.05) is 6.07 Å². The van der Waals surface area contributed by atoms with Crippen molar-refractivity contribution >= 4 is 23.5 Å². The minimum atomic E-state index is -0.933. The number of halogens is 2. The Morgan fingerprint density at radius 1 is 1.33 bits per heavy atom. The van der Waals surface area contributed by atoms with Gasteiger partial charge in [0, 0.05) is 6.42 Å². The van der Waals surface area contributed by atoms with E-state index in [1.807, 2.05) is 5.32 Å². The van der Waals surface area contributed by atoms with Gasteiger partial charge in [-0.3, -0.25) is 9.59 Å². The largest absolute Gasteiger partial charge is 0.454 e. The molecule has 0 saturated carbocycles. The molecule has 1 saturated heterocycles. The highest BCUT2D eigenvalue weighted by atomic mass is 19.1. The number of hydrogen-bond acceptors (Lipinski definition) is 4. The van der Waals surface area contributed by atoms with Gasteiger partial charge >= 0.3 is 5.97 Å². The Kier molecular flexibility index (Phi) is 4.46. The van der Waals surface area contributed by atoms with E-state index in [1.165, 1.54) is 0 Å². The number of amides is 2. The molecule has 2 amide bonds. The van der Waals surface area contributed by atoms with Crippen LogP contribution in [0.4, 0.5) is 14.5 Å². The molecule has 0 unspecified atom stereocenters. The van der Waals surface area contributed by atoms with Gasteiger partial charge in [0.25, 0.3) is 5.91 Å². The number of esters is 1. The molecule has 8 heteroatoms. The maximum Gasteiger partial charge on any atom is 0.329 e. The predicted molar refractivity (Wildman–Crippen MR) is 67.1 cm³/mol. The van der Waals surface area contributed by atoms with E-state index in [9.17, 15) is 23.2 Å². The van der Waals surface area contributed by atoms with Gasteiger partial charge in [0.2, 0.25) is 5.91 Å². The molecule has 112 valence electrons. The molecule has 0 radical (unpaired) electrons. The molecule has 2 N–H and O–H groups in total. The first-order chi connectivity index (χ1) is 9.97. The minimum absolute atomic E-state index is 0.215. The van der Waals surface area contributed by atoms with Gasteiger partial charge in [-0.25, -0.2) is 13.6 Å². The molecule has 0 bridgehead atoms. The zero-order valence-electron chi connectivity index (χ0n) is 10.8. The van der Waals surface area contributed by atoms with Gasteiger partial charge in [0.15, 0.2) is 6.61 Å². The lowest BCUT2D eigenvalue weighted by molar-refractivity contribution is -0.149. The summed E-state index contributed by atoms with van der Waals surface area (Å²) < 4.78 is 31.3. The van der Waals surface area contributed by atoms with Crippen LogP contribution in [0.1, 0.15) is 12.8 Å². The summed E-state index contributed by atoms with van der Waals surface area (Å²) in [6.45, 7) is -0.695. The summed E-state index contributed by atoms with van der Waals surface area (Å²) in [4.78, 5) is 33.9. The van der Waals surface area contributed by atoms with E-state index in [2.05, 4.69) is 10.1 Å². The molecule has 0 spiro atoms. The van der Waals surface area contributed by atoms with Crippen molar-refractivity contribution in [2.24, 2.45) is 0 Å². The fourth-order valence-electron chi connectivity index (χ4n) is 1.82. The summed E-state index contributed by atoms with van der Waals surface area (Å²) >= 11 is 0. The highest BCUT2D eigenvalue weighted by molar-refractivity contribution is 5.94. The third-order valence-corrected chi connectivity index (χ3v) is 2.85. The van der Waals surface area contributed by atoms with E-state index in [0.717, 1.165) is 18.2 Å². The van der Waals surface area contributed by atoms with Crippen molar-refractivity contribution in [3.05, 3.63) is 29.8 Å². The summed E-state index contributed by atoms with van der Waals surface area (Å²) in [6, 6.07) is 2.34. The first kappa shape index (κ1) is 14.9.